The molecule has 0 N–H and O–H groups in total. The fourth-order valence-corrected chi connectivity index (χ4v) is 1.88. The Hall–Kier alpha value is -0.260. The van der Waals surface area contributed by atoms with Gasteiger partial charge in [0.25, 0.3) is 0 Å². The van der Waals surface area contributed by atoms with Gasteiger partial charge < -0.3 is 0 Å². The maximum absolute atomic E-state index is 3.91. The minimum atomic E-state index is 0.737. The Kier molecular flexibility index (Phi) is 9.13. The summed E-state index contributed by atoms with van der Waals surface area (Å²) in [6.45, 7) is 10.8. The summed E-state index contributed by atoms with van der Waals surface area (Å²) in [4.78, 5) is 0. The number of hydrogen-bond donors (Lipinski definition) is 0. The van der Waals surface area contributed by atoms with E-state index in [-0.39, 0.29) is 0 Å². The molecule has 0 fully saturated rings. The van der Waals surface area contributed by atoms with E-state index in [1.54, 1.807) is 0 Å². The van der Waals surface area contributed by atoms with Crippen molar-refractivity contribution in [1.29, 1.82) is 0 Å². The predicted octanol–water partition coefficient (Wildman–Crippen LogP) is 5.20. The minimum absolute atomic E-state index is 0.737. The van der Waals surface area contributed by atoms with E-state index in [0.717, 1.165) is 11.8 Å². The summed E-state index contributed by atoms with van der Waals surface area (Å²) >= 11 is 0. The van der Waals surface area contributed by atoms with Gasteiger partial charge in [0.1, 0.15) is 0 Å². The van der Waals surface area contributed by atoms with Gasteiger partial charge >= 0.3 is 0 Å². The minimum Gasteiger partial charge on any atom is -0.103 e. The predicted molar refractivity (Wildman–Crippen MR) is 66.5 cm³/mol. The molecule has 0 aliphatic carbocycles. The molecule has 0 amide bonds. The van der Waals surface area contributed by atoms with Gasteiger partial charge in [0.2, 0.25) is 0 Å². The molecule has 0 spiro atoms. The number of allylic oxidation sites excluding steroid dienone is 1. The van der Waals surface area contributed by atoms with Crippen molar-refractivity contribution in [3.05, 3.63) is 12.7 Å². The summed E-state index contributed by atoms with van der Waals surface area (Å²) in [5, 5.41) is 0. The van der Waals surface area contributed by atoms with Gasteiger partial charge in [-0.05, 0) is 18.3 Å². The second kappa shape index (κ2) is 9.30. The molecule has 84 valence electrons. The van der Waals surface area contributed by atoms with Crippen LogP contribution in [0.1, 0.15) is 65.7 Å². The molecule has 0 rings (SSSR count). The van der Waals surface area contributed by atoms with Crippen molar-refractivity contribution in [2.24, 2.45) is 11.8 Å². The molecule has 0 aliphatic heterocycles. The molecule has 0 heterocycles. The van der Waals surface area contributed by atoms with Crippen LogP contribution in [0.5, 0.6) is 0 Å². The summed E-state index contributed by atoms with van der Waals surface area (Å²) in [5.41, 5.74) is 0. The Bertz CT molecular complexity index is 124. The van der Waals surface area contributed by atoms with Crippen LogP contribution in [0.2, 0.25) is 0 Å². The third-order valence-electron chi connectivity index (χ3n) is 3.05. The van der Waals surface area contributed by atoms with E-state index in [1.807, 2.05) is 0 Å². The second-order valence-electron chi connectivity index (χ2n) is 4.70. The second-order valence-corrected chi connectivity index (χ2v) is 4.70. The summed E-state index contributed by atoms with van der Waals surface area (Å²) < 4.78 is 0. The number of unbranched alkanes of at least 4 members (excludes halogenated alkanes) is 5. The van der Waals surface area contributed by atoms with Crippen molar-refractivity contribution in [1.82, 2.24) is 0 Å². The molecule has 0 saturated carbocycles. The van der Waals surface area contributed by atoms with Gasteiger partial charge in [0.05, 0.1) is 0 Å². The Labute approximate surface area is 90.8 Å². The first-order chi connectivity index (χ1) is 6.72. The Morgan fingerprint density at radius 1 is 1.00 bits per heavy atom. The highest BCUT2D eigenvalue weighted by molar-refractivity contribution is 4.80. The van der Waals surface area contributed by atoms with Crippen LogP contribution in [-0.2, 0) is 0 Å². The first-order valence-corrected chi connectivity index (χ1v) is 6.34. The highest BCUT2D eigenvalue weighted by Crippen LogP contribution is 2.20. The zero-order valence-corrected chi connectivity index (χ0v) is 10.4. The van der Waals surface area contributed by atoms with Crippen LogP contribution >= 0.6 is 0 Å². The molecule has 0 saturated heterocycles. The fraction of sp³-hybridized carbons (Fsp3) is 0.857. The first kappa shape index (κ1) is 13.7. The lowest BCUT2D eigenvalue weighted by molar-refractivity contribution is 0.414. The molecule has 0 aromatic heterocycles. The zero-order valence-electron chi connectivity index (χ0n) is 10.4. The number of rotatable bonds is 9. The molecule has 1 unspecified atom stereocenters. The quantitative estimate of drug-likeness (QED) is 0.351. The summed E-state index contributed by atoms with van der Waals surface area (Å²) in [6, 6.07) is 0. The van der Waals surface area contributed by atoms with Gasteiger partial charge in [0.15, 0.2) is 0 Å². The average Bonchev–Trinajstić information content (AvgIpc) is 2.16. The lowest BCUT2D eigenvalue weighted by Gasteiger charge is -2.15. The van der Waals surface area contributed by atoms with Crippen molar-refractivity contribution in [3.8, 4) is 0 Å². The molecule has 0 bridgehead atoms. The lowest BCUT2D eigenvalue weighted by atomic mass is 9.90. The molecule has 1 atom stereocenters. The van der Waals surface area contributed by atoms with Gasteiger partial charge in [0, 0.05) is 0 Å². The van der Waals surface area contributed by atoms with Crippen LogP contribution in [0, 0.1) is 11.8 Å². The summed E-state index contributed by atoms with van der Waals surface area (Å²) in [6.07, 6.45) is 11.9. The molecule has 14 heavy (non-hydrogen) atoms. The van der Waals surface area contributed by atoms with E-state index in [1.165, 1.54) is 44.9 Å². The standard InChI is InChI=1S/C14H28/c1-5-7-8-9-10-11-12-14(6-2)13(3)4/h6,13-14H,2,5,7-12H2,1,3-4H3. The summed E-state index contributed by atoms with van der Waals surface area (Å²) in [7, 11) is 0. The molecular formula is C14H28. The normalized spacial score (nSPS) is 13.1. The van der Waals surface area contributed by atoms with Crippen molar-refractivity contribution >= 4 is 0 Å². The largest absolute Gasteiger partial charge is 0.103 e. The van der Waals surface area contributed by atoms with Gasteiger partial charge in [-0.25, -0.2) is 0 Å². The van der Waals surface area contributed by atoms with Gasteiger partial charge in [-0.3, -0.25) is 0 Å². The van der Waals surface area contributed by atoms with E-state index < -0.39 is 0 Å². The molecule has 0 radical (unpaired) electrons. The third-order valence-corrected chi connectivity index (χ3v) is 3.05. The number of hydrogen-bond acceptors (Lipinski definition) is 0. The molecule has 0 nitrogen and oxygen atoms in total. The Morgan fingerprint density at radius 2 is 1.57 bits per heavy atom. The van der Waals surface area contributed by atoms with Crippen LogP contribution in [0.15, 0.2) is 12.7 Å². The van der Waals surface area contributed by atoms with Crippen LogP contribution in [0.25, 0.3) is 0 Å². The topological polar surface area (TPSA) is 0 Å². The first-order valence-electron chi connectivity index (χ1n) is 6.34. The highest BCUT2D eigenvalue weighted by atomic mass is 14.1. The van der Waals surface area contributed by atoms with Crippen molar-refractivity contribution < 1.29 is 0 Å². The van der Waals surface area contributed by atoms with E-state index in [9.17, 15) is 0 Å². The third kappa shape index (κ3) is 7.17. The molecule has 0 heteroatoms. The van der Waals surface area contributed by atoms with Crippen LogP contribution in [0.3, 0.4) is 0 Å². The average molecular weight is 196 g/mol. The monoisotopic (exact) mass is 196 g/mol. The van der Waals surface area contributed by atoms with E-state index in [4.69, 9.17) is 0 Å². The van der Waals surface area contributed by atoms with Crippen molar-refractivity contribution in [2.45, 2.75) is 65.7 Å². The van der Waals surface area contributed by atoms with E-state index in [2.05, 4.69) is 33.4 Å². The Morgan fingerprint density at radius 3 is 2.07 bits per heavy atom. The van der Waals surface area contributed by atoms with Crippen molar-refractivity contribution in [2.75, 3.05) is 0 Å². The van der Waals surface area contributed by atoms with Crippen molar-refractivity contribution in [3.63, 3.8) is 0 Å². The van der Waals surface area contributed by atoms with E-state index >= 15 is 0 Å². The SMILES string of the molecule is C=CC(CCCCCCCC)C(C)C. The van der Waals surface area contributed by atoms with Crippen LogP contribution < -0.4 is 0 Å². The smallest absolute Gasteiger partial charge is 0.0213 e. The lowest BCUT2D eigenvalue weighted by Crippen LogP contribution is -2.04. The summed E-state index contributed by atoms with van der Waals surface area (Å²) in [5.74, 6) is 1.50. The molecular weight excluding hydrogens is 168 g/mol. The molecule has 0 aliphatic rings. The van der Waals surface area contributed by atoms with Crippen LogP contribution in [0.4, 0.5) is 0 Å². The maximum Gasteiger partial charge on any atom is -0.0213 e. The highest BCUT2D eigenvalue weighted by Gasteiger charge is 2.07. The van der Waals surface area contributed by atoms with Gasteiger partial charge in [-0.2, -0.15) is 0 Å². The van der Waals surface area contributed by atoms with E-state index in [0.29, 0.717) is 0 Å². The van der Waals surface area contributed by atoms with Gasteiger partial charge in [-0.1, -0.05) is 65.4 Å². The molecule has 0 aromatic rings. The molecule has 0 aromatic carbocycles. The maximum atomic E-state index is 3.91. The Balaban J connectivity index is 3.29. The fourth-order valence-electron chi connectivity index (χ4n) is 1.88. The van der Waals surface area contributed by atoms with Gasteiger partial charge in [-0.15, -0.1) is 6.58 Å². The van der Waals surface area contributed by atoms with Crippen LogP contribution in [-0.4, -0.2) is 0 Å². The zero-order chi connectivity index (χ0) is 10.8.